The number of hydrogen-bond acceptors (Lipinski definition) is 5. The average molecular weight is 260 g/mol. The number of nitrogens with zero attached hydrogens (tertiary/aromatic N) is 5. The van der Waals surface area contributed by atoms with Crippen molar-refractivity contribution in [2.75, 3.05) is 5.73 Å². The van der Waals surface area contributed by atoms with E-state index in [1.165, 1.54) is 0 Å². The maximum Gasteiger partial charge on any atom is 0.214 e. The van der Waals surface area contributed by atoms with Crippen LogP contribution in [0.3, 0.4) is 0 Å². The van der Waals surface area contributed by atoms with Crippen LogP contribution in [0, 0.1) is 20.8 Å². The summed E-state index contributed by atoms with van der Waals surface area (Å²) in [6, 6.07) is 0. The minimum atomic E-state index is 0.444. The van der Waals surface area contributed by atoms with Gasteiger partial charge in [0.1, 0.15) is 17.8 Å². The van der Waals surface area contributed by atoms with E-state index in [1.54, 1.807) is 4.68 Å². The molecular formula is C12H16N6O. The van der Waals surface area contributed by atoms with Crippen molar-refractivity contribution in [3.05, 3.63) is 23.0 Å². The first kappa shape index (κ1) is 11.8. The van der Waals surface area contributed by atoms with Crippen LogP contribution in [-0.4, -0.2) is 24.3 Å². The van der Waals surface area contributed by atoms with Gasteiger partial charge in [0.05, 0.1) is 11.4 Å². The van der Waals surface area contributed by atoms with Crippen LogP contribution < -0.4 is 5.73 Å². The summed E-state index contributed by atoms with van der Waals surface area (Å²) in [5, 5.41) is 4.34. The molecule has 0 atom stereocenters. The molecule has 0 amide bonds. The molecule has 0 radical (unpaired) electrons. The van der Waals surface area contributed by atoms with Crippen LogP contribution in [0.5, 0.6) is 0 Å². The standard InChI is InChI=1S/C12H16N6O/c1-6-8(3)19-9(14-6)5-18-11-10(15-12(18)13)7(2)16-17(11)4/h5H2,1-4H3,(H2,13,15). The highest BCUT2D eigenvalue weighted by Crippen LogP contribution is 2.21. The first-order chi connectivity index (χ1) is 8.97. The first-order valence-corrected chi connectivity index (χ1v) is 6.05. The summed E-state index contributed by atoms with van der Waals surface area (Å²) < 4.78 is 9.23. The average Bonchev–Trinajstić information content (AvgIpc) is 2.90. The van der Waals surface area contributed by atoms with E-state index in [2.05, 4.69) is 15.1 Å². The lowest BCUT2D eigenvalue weighted by atomic mass is 10.4. The molecule has 0 spiro atoms. The Hall–Kier alpha value is -2.31. The number of rotatable bonds is 2. The fraction of sp³-hybridized carbons (Fsp3) is 0.417. The Morgan fingerprint density at radius 2 is 1.89 bits per heavy atom. The third-order valence-corrected chi connectivity index (χ3v) is 3.29. The second kappa shape index (κ2) is 3.84. The lowest BCUT2D eigenvalue weighted by Gasteiger charge is -2.03. The maximum absolute atomic E-state index is 5.97. The van der Waals surface area contributed by atoms with Crippen LogP contribution in [0.1, 0.15) is 23.0 Å². The number of oxazole rings is 1. The normalized spacial score (nSPS) is 11.6. The maximum atomic E-state index is 5.97. The molecule has 0 unspecified atom stereocenters. The van der Waals surface area contributed by atoms with Gasteiger partial charge in [-0.1, -0.05) is 0 Å². The van der Waals surface area contributed by atoms with Crippen molar-refractivity contribution >= 4 is 17.1 Å². The minimum Gasteiger partial charge on any atom is -0.444 e. The Kier molecular flexibility index (Phi) is 2.38. The Balaban J connectivity index is 2.12. The molecule has 0 aliphatic heterocycles. The summed E-state index contributed by atoms with van der Waals surface area (Å²) in [5.41, 5.74) is 9.43. The summed E-state index contributed by atoms with van der Waals surface area (Å²) in [6.45, 7) is 6.19. The first-order valence-electron chi connectivity index (χ1n) is 6.05. The largest absolute Gasteiger partial charge is 0.444 e. The number of imidazole rings is 1. The van der Waals surface area contributed by atoms with Gasteiger partial charge in [0.2, 0.25) is 11.8 Å². The van der Waals surface area contributed by atoms with Crippen molar-refractivity contribution in [2.45, 2.75) is 27.3 Å². The van der Waals surface area contributed by atoms with Gasteiger partial charge >= 0.3 is 0 Å². The molecule has 3 aromatic rings. The van der Waals surface area contributed by atoms with Crippen molar-refractivity contribution in [1.82, 2.24) is 24.3 Å². The summed E-state index contributed by atoms with van der Waals surface area (Å²) in [5.74, 6) is 1.89. The van der Waals surface area contributed by atoms with Crippen LogP contribution in [0.2, 0.25) is 0 Å². The van der Waals surface area contributed by atoms with Gasteiger partial charge in [0.25, 0.3) is 0 Å². The Morgan fingerprint density at radius 3 is 2.53 bits per heavy atom. The Morgan fingerprint density at radius 1 is 1.16 bits per heavy atom. The lowest BCUT2D eigenvalue weighted by Crippen LogP contribution is -2.08. The van der Waals surface area contributed by atoms with E-state index in [0.717, 1.165) is 28.3 Å². The third-order valence-electron chi connectivity index (χ3n) is 3.29. The fourth-order valence-corrected chi connectivity index (χ4v) is 2.25. The van der Waals surface area contributed by atoms with Gasteiger partial charge in [-0.2, -0.15) is 5.10 Å². The van der Waals surface area contributed by atoms with E-state index >= 15 is 0 Å². The molecule has 2 N–H and O–H groups in total. The van der Waals surface area contributed by atoms with Crippen LogP contribution in [0.4, 0.5) is 5.95 Å². The summed E-state index contributed by atoms with van der Waals surface area (Å²) in [7, 11) is 1.87. The van der Waals surface area contributed by atoms with Gasteiger partial charge < -0.3 is 10.2 Å². The van der Waals surface area contributed by atoms with Crippen LogP contribution in [0.25, 0.3) is 11.2 Å². The van der Waals surface area contributed by atoms with Crippen molar-refractivity contribution in [1.29, 1.82) is 0 Å². The molecule has 19 heavy (non-hydrogen) atoms. The molecule has 0 aliphatic carbocycles. The van der Waals surface area contributed by atoms with Crippen molar-refractivity contribution < 1.29 is 4.42 Å². The molecule has 0 bridgehead atoms. The van der Waals surface area contributed by atoms with Crippen molar-refractivity contribution in [3.63, 3.8) is 0 Å². The number of aryl methyl sites for hydroxylation is 4. The topological polar surface area (TPSA) is 87.7 Å². The number of hydrogen-bond donors (Lipinski definition) is 1. The number of aromatic nitrogens is 5. The highest BCUT2D eigenvalue weighted by atomic mass is 16.4. The van der Waals surface area contributed by atoms with E-state index in [9.17, 15) is 0 Å². The minimum absolute atomic E-state index is 0.444. The van der Waals surface area contributed by atoms with Gasteiger partial charge in [0.15, 0.2) is 5.65 Å². The molecule has 0 aliphatic rings. The Bertz CT molecular complexity index is 743. The second-order valence-corrected chi connectivity index (χ2v) is 4.69. The molecule has 0 saturated carbocycles. The molecule has 3 rings (SSSR count). The fourth-order valence-electron chi connectivity index (χ4n) is 2.25. The molecular weight excluding hydrogens is 244 g/mol. The van der Waals surface area contributed by atoms with Gasteiger partial charge in [-0.15, -0.1) is 0 Å². The van der Waals surface area contributed by atoms with Gasteiger partial charge in [-0.25, -0.2) is 9.97 Å². The molecule has 0 aromatic carbocycles. The zero-order valence-electron chi connectivity index (χ0n) is 11.4. The predicted octanol–water partition coefficient (Wildman–Crippen LogP) is 1.31. The highest BCUT2D eigenvalue weighted by molar-refractivity contribution is 5.77. The predicted molar refractivity (Wildman–Crippen MR) is 70.7 cm³/mol. The molecule has 3 heterocycles. The lowest BCUT2D eigenvalue weighted by molar-refractivity contribution is 0.459. The van der Waals surface area contributed by atoms with Crippen LogP contribution in [-0.2, 0) is 13.6 Å². The molecule has 0 fully saturated rings. The Labute approximate surface area is 110 Å². The zero-order valence-corrected chi connectivity index (χ0v) is 11.4. The summed E-state index contributed by atoms with van der Waals surface area (Å²) in [4.78, 5) is 8.72. The molecule has 3 aromatic heterocycles. The van der Waals surface area contributed by atoms with Crippen LogP contribution >= 0.6 is 0 Å². The van der Waals surface area contributed by atoms with E-state index < -0.39 is 0 Å². The van der Waals surface area contributed by atoms with Gasteiger partial charge in [0, 0.05) is 7.05 Å². The molecule has 7 nitrogen and oxygen atoms in total. The van der Waals surface area contributed by atoms with Crippen molar-refractivity contribution in [2.24, 2.45) is 7.05 Å². The summed E-state index contributed by atoms with van der Waals surface area (Å²) in [6.07, 6.45) is 0. The monoisotopic (exact) mass is 260 g/mol. The van der Waals surface area contributed by atoms with Gasteiger partial charge in [-0.05, 0) is 20.8 Å². The molecule has 0 saturated heterocycles. The SMILES string of the molecule is Cc1nc(Cn2c(N)nc3c(C)nn(C)c32)oc1C. The second-order valence-electron chi connectivity index (χ2n) is 4.69. The van der Waals surface area contributed by atoms with E-state index in [4.69, 9.17) is 10.2 Å². The highest BCUT2D eigenvalue weighted by Gasteiger charge is 2.17. The third kappa shape index (κ3) is 1.69. The van der Waals surface area contributed by atoms with Gasteiger partial charge in [-0.3, -0.25) is 9.25 Å². The van der Waals surface area contributed by atoms with Crippen molar-refractivity contribution in [3.8, 4) is 0 Å². The molecule has 100 valence electrons. The molecule has 7 heteroatoms. The number of nitrogen functional groups attached to an aromatic ring is 1. The van der Waals surface area contributed by atoms with E-state index in [-0.39, 0.29) is 0 Å². The van der Waals surface area contributed by atoms with E-state index in [0.29, 0.717) is 18.4 Å². The summed E-state index contributed by atoms with van der Waals surface area (Å²) >= 11 is 0. The smallest absolute Gasteiger partial charge is 0.214 e. The van der Waals surface area contributed by atoms with Crippen LogP contribution in [0.15, 0.2) is 4.42 Å². The number of anilines is 1. The number of fused-ring (bicyclic) bond motifs is 1. The number of nitrogens with two attached hydrogens (primary N) is 1. The quantitative estimate of drug-likeness (QED) is 0.750. The van der Waals surface area contributed by atoms with E-state index in [1.807, 2.05) is 32.4 Å². The zero-order chi connectivity index (χ0) is 13.7.